The summed E-state index contributed by atoms with van der Waals surface area (Å²) >= 11 is 1.89. The number of nitrogens with one attached hydrogen (secondary N) is 1. The van der Waals surface area contributed by atoms with E-state index in [4.69, 9.17) is 5.84 Å². The molecule has 2 atom stereocenters. The third-order valence-corrected chi connectivity index (χ3v) is 5.89. The van der Waals surface area contributed by atoms with Gasteiger partial charge in [0, 0.05) is 10.8 Å². The maximum atomic E-state index is 5.97. The molecular formula is C18H24N2S. The second-order valence-corrected chi connectivity index (χ2v) is 7.24. The molecule has 21 heavy (non-hydrogen) atoms. The highest BCUT2D eigenvalue weighted by molar-refractivity contribution is 7.10. The van der Waals surface area contributed by atoms with Gasteiger partial charge in [0.05, 0.1) is 6.04 Å². The maximum Gasteiger partial charge on any atom is 0.0531 e. The van der Waals surface area contributed by atoms with Crippen molar-refractivity contribution in [2.75, 3.05) is 0 Å². The smallest absolute Gasteiger partial charge is 0.0531 e. The van der Waals surface area contributed by atoms with Gasteiger partial charge in [-0.2, -0.15) is 0 Å². The van der Waals surface area contributed by atoms with E-state index in [1.165, 1.54) is 47.1 Å². The first-order valence-electron chi connectivity index (χ1n) is 7.72. The standard InChI is InChI=1S/C18H24N2S/c1-11-9-13(3)16(10-12(11)2)18(20-19)15-5-4-6-17-14(15)7-8-21-17/h7-10,15,18,20H,4-6,19H2,1-3H3. The molecule has 3 heteroatoms. The predicted molar refractivity (Wildman–Crippen MR) is 90.7 cm³/mol. The van der Waals surface area contributed by atoms with Gasteiger partial charge < -0.3 is 0 Å². The molecule has 1 aliphatic carbocycles. The summed E-state index contributed by atoms with van der Waals surface area (Å²) in [4.78, 5) is 1.55. The third-order valence-electron chi connectivity index (χ3n) is 4.90. The van der Waals surface area contributed by atoms with Crippen molar-refractivity contribution >= 4 is 11.3 Å². The van der Waals surface area contributed by atoms with Gasteiger partial charge in [0.1, 0.15) is 0 Å². The summed E-state index contributed by atoms with van der Waals surface area (Å²) in [6, 6.07) is 7.10. The molecule has 2 aromatic rings. The Morgan fingerprint density at radius 1 is 1.19 bits per heavy atom. The summed E-state index contributed by atoms with van der Waals surface area (Å²) in [5.41, 5.74) is 10.0. The molecule has 0 spiro atoms. The molecule has 2 unspecified atom stereocenters. The van der Waals surface area contributed by atoms with Crippen molar-refractivity contribution < 1.29 is 0 Å². The molecule has 0 fully saturated rings. The van der Waals surface area contributed by atoms with E-state index in [9.17, 15) is 0 Å². The van der Waals surface area contributed by atoms with Crippen LogP contribution in [-0.4, -0.2) is 0 Å². The quantitative estimate of drug-likeness (QED) is 0.655. The van der Waals surface area contributed by atoms with Crippen molar-refractivity contribution in [3.63, 3.8) is 0 Å². The van der Waals surface area contributed by atoms with Gasteiger partial charge in [-0.3, -0.25) is 11.3 Å². The van der Waals surface area contributed by atoms with E-state index in [0.717, 1.165) is 0 Å². The summed E-state index contributed by atoms with van der Waals surface area (Å²) in [5, 5.41) is 2.23. The molecule has 0 bridgehead atoms. The Balaban J connectivity index is 2.03. The Bertz CT molecular complexity index is 645. The predicted octanol–water partition coefficient (Wildman–Crippen LogP) is 4.30. The summed E-state index contributed by atoms with van der Waals surface area (Å²) in [6.45, 7) is 6.56. The molecule has 1 heterocycles. The second kappa shape index (κ2) is 5.91. The van der Waals surface area contributed by atoms with Crippen molar-refractivity contribution in [2.24, 2.45) is 5.84 Å². The van der Waals surface area contributed by atoms with E-state index in [0.29, 0.717) is 5.92 Å². The van der Waals surface area contributed by atoms with Gasteiger partial charge in [-0.25, -0.2) is 0 Å². The Morgan fingerprint density at radius 2 is 1.95 bits per heavy atom. The van der Waals surface area contributed by atoms with Crippen LogP contribution in [0.4, 0.5) is 0 Å². The highest BCUT2D eigenvalue weighted by atomic mass is 32.1. The molecule has 2 nitrogen and oxygen atoms in total. The van der Waals surface area contributed by atoms with Crippen molar-refractivity contribution in [1.82, 2.24) is 5.43 Å². The Labute approximate surface area is 131 Å². The maximum absolute atomic E-state index is 5.97. The lowest BCUT2D eigenvalue weighted by molar-refractivity contribution is 0.409. The first-order valence-corrected chi connectivity index (χ1v) is 8.60. The van der Waals surface area contributed by atoms with Gasteiger partial charge in [-0.15, -0.1) is 11.3 Å². The molecule has 112 valence electrons. The summed E-state index contributed by atoms with van der Waals surface area (Å²) < 4.78 is 0. The van der Waals surface area contributed by atoms with Crippen LogP contribution in [0.15, 0.2) is 23.6 Å². The lowest BCUT2D eigenvalue weighted by Crippen LogP contribution is -2.34. The van der Waals surface area contributed by atoms with Crippen LogP contribution in [0.25, 0.3) is 0 Å². The van der Waals surface area contributed by atoms with E-state index in [2.05, 4.69) is 49.8 Å². The first kappa shape index (κ1) is 14.8. The van der Waals surface area contributed by atoms with E-state index < -0.39 is 0 Å². The molecule has 0 radical (unpaired) electrons. The largest absolute Gasteiger partial charge is 0.271 e. The van der Waals surface area contributed by atoms with Crippen LogP contribution in [0.3, 0.4) is 0 Å². The molecular weight excluding hydrogens is 276 g/mol. The molecule has 1 aromatic heterocycles. The molecule has 3 rings (SSSR count). The number of hydrogen-bond acceptors (Lipinski definition) is 3. The van der Waals surface area contributed by atoms with E-state index in [-0.39, 0.29) is 6.04 Å². The van der Waals surface area contributed by atoms with Crippen LogP contribution in [0.5, 0.6) is 0 Å². The first-order chi connectivity index (χ1) is 10.1. The highest BCUT2D eigenvalue weighted by Gasteiger charge is 2.30. The molecule has 0 amide bonds. The monoisotopic (exact) mass is 300 g/mol. The van der Waals surface area contributed by atoms with E-state index in [1.54, 1.807) is 4.88 Å². The normalized spacial score (nSPS) is 19.3. The number of fused-ring (bicyclic) bond motifs is 1. The lowest BCUT2D eigenvalue weighted by atomic mass is 9.78. The third kappa shape index (κ3) is 2.66. The number of hydrazine groups is 1. The summed E-state index contributed by atoms with van der Waals surface area (Å²) in [6.07, 6.45) is 3.71. The number of hydrogen-bond donors (Lipinski definition) is 2. The van der Waals surface area contributed by atoms with Crippen molar-refractivity contribution in [3.8, 4) is 0 Å². The zero-order valence-electron chi connectivity index (χ0n) is 13.1. The topological polar surface area (TPSA) is 38.0 Å². The van der Waals surface area contributed by atoms with Crippen molar-refractivity contribution in [2.45, 2.75) is 52.0 Å². The van der Waals surface area contributed by atoms with E-state index >= 15 is 0 Å². The second-order valence-electron chi connectivity index (χ2n) is 6.24. The number of aryl methyl sites for hydroxylation is 4. The fourth-order valence-electron chi connectivity index (χ4n) is 3.61. The fourth-order valence-corrected chi connectivity index (χ4v) is 4.61. The van der Waals surface area contributed by atoms with Gasteiger partial charge in [0.15, 0.2) is 0 Å². The van der Waals surface area contributed by atoms with Gasteiger partial charge in [0.2, 0.25) is 0 Å². The Morgan fingerprint density at radius 3 is 2.71 bits per heavy atom. The van der Waals surface area contributed by atoms with Crippen LogP contribution in [0, 0.1) is 20.8 Å². The minimum Gasteiger partial charge on any atom is -0.271 e. The molecule has 3 N–H and O–H groups in total. The SMILES string of the molecule is Cc1cc(C)c(C(NN)C2CCCc3sccc32)cc1C. The zero-order chi connectivity index (χ0) is 15.0. The van der Waals surface area contributed by atoms with Crippen LogP contribution in [0.2, 0.25) is 0 Å². The number of thiophene rings is 1. The van der Waals surface area contributed by atoms with Crippen LogP contribution in [-0.2, 0) is 6.42 Å². The molecule has 0 saturated heterocycles. The Hall–Kier alpha value is -1.16. The Kier molecular flexibility index (Phi) is 4.16. The molecule has 1 aromatic carbocycles. The molecule has 1 aliphatic rings. The van der Waals surface area contributed by atoms with Gasteiger partial charge in [-0.05, 0) is 79.3 Å². The van der Waals surface area contributed by atoms with Crippen molar-refractivity contribution in [1.29, 1.82) is 0 Å². The van der Waals surface area contributed by atoms with Crippen LogP contribution < -0.4 is 11.3 Å². The number of nitrogens with two attached hydrogens (primary N) is 1. The number of rotatable bonds is 3. The van der Waals surface area contributed by atoms with Gasteiger partial charge in [-0.1, -0.05) is 12.1 Å². The summed E-state index contributed by atoms with van der Waals surface area (Å²) in [7, 11) is 0. The average Bonchev–Trinajstić information content (AvgIpc) is 2.94. The highest BCUT2D eigenvalue weighted by Crippen LogP contribution is 2.43. The lowest BCUT2D eigenvalue weighted by Gasteiger charge is -2.32. The molecule has 0 aliphatic heterocycles. The average molecular weight is 300 g/mol. The minimum atomic E-state index is 0.206. The van der Waals surface area contributed by atoms with E-state index in [1.807, 2.05) is 11.3 Å². The van der Waals surface area contributed by atoms with Crippen LogP contribution in [0.1, 0.15) is 57.5 Å². The van der Waals surface area contributed by atoms with Crippen LogP contribution >= 0.6 is 11.3 Å². The number of benzene rings is 1. The van der Waals surface area contributed by atoms with Gasteiger partial charge >= 0.3 is 0 Å². The summed E-state index contributed by atoms with van der Waals surface area (Å²) in [5.74, 6) is 6.46. The van der Waals surface area contributed by atoms with Gasteiger partial charge in [0.25, 0.3) is 0 Å². The zero-order valence-corrected chi connectivity index (χ0v) is 13.9. The van der Waals surface area contributed by atoms with Crippen molar-refractivity contribution in [3.05, 3.63) is 56.3 Å². The minimum absolute atomic E-state index is 0.206. The fraction of sp³-hybridized carbons (Fsp3) is 0.444. The molecule has 0 saturated carbocycles.